The molecule has 7 heteroatoms. The third-order valence-electron chi connectivity index (χ3n) is 2.51. The van der Waals surface area contributed by atoms with Crippen LogP contribution in [0.4, 0.5) is 13.2 Å². The summed E-state index contributed by atoms with van der Waals surface area (Å²) in [7, 11) is 3.23. The van der Waals surface area contributed by atoms with Gasteiger partial charge in [-0.05, 0) is 25.6 Å². The van der Waals surface area contributed by atoms with Crippen molar-refractivity contribution < 1.29 is 22.6 Å². The fourth-order valence-corrected chi connectivity index (χ4v) is 1.64. The second-order valence-corrected chi connectivity index (χ2v) is 3.89. The van der Waals surface area contributed by atoms with Crippen LogP contribution in [0.25, 0.3) is 0 Å². The molecule has 1 N–H and O–H groups in total. The Hall–Kier alpha value is -1.34. The molecule has 1 aromatic rings. The zero-order chi connectivity index (χ0) is 14.3. The lowest BCUT2D eigenvalue weighted by Crippen LogP contribution is -2.22. The predicted octanol–water partition coefficient (Wildman–Crippen LogP) is 2.32. The number of nitrogens with one attached hydrogen (secondary N) is 1. The molecule has 0 aromatic carbocycles. The van der Waals surface area contributed by atoms with Gasteiger partial charge in [-0.1, -0.05) is 0 Å². The zero-order valence-electron chi connectivity index (χ0n) is 10.8. The summed E-state index contributed by atoms with van der Waals surface area (Å²) in [5, 5.41) is 2.99. The first-order valence-corrected chi connectivity index (χ1v) is 5.78. The number of nitrogens with zero attached hydrogens (tertiary/aromatic N) is 1. The Labute approximate surface area is 109 Å². The van der Waals surface area contributed by atoms with Crippen molar-refractivity contribution in [3.8, 4) is 5.75 Å². The van der Waals surface area contributed by atoms with Crippen molar-refractivity contribution in [2.75, 3.05) is 27.4 Å². The van der Waals surface area contributed by atoms with E-state index in [0.717, 1.165) is 0 Å². The molecule has 0 amide bonds. The molecule has 0 fully saturated rings. The summed E-state index contributed by atoms with van der Waals surface area (Å²) in [4.78, 5) is 4.18. The lowest BCUT2D eigenvalue weighted by Gasteiger charge is -2.18. The number of rotatable bonds is 7. The van der Waals surface area contributed by atoms with E-state index in [-0.39, 0.29) is 12.6 Å². The number of aromatic nitrogens is 1. The van der Waals surface area contributed by atoms with Gasteiger partial charge in [-0.25, -0.2) is 0 Å². The topological polar surface area (TPSA) is 43.4 Å². The van der Waals surface area contributed by atoms with Crippen molar-refractivity contribution in [1.82, 2.24) is 10.3 Å². The smallest absolute Gasteiger partial charge is 0.411 e. The zero-order valence-corrected chi connectivity index (χ0v) is 10.8. The van der Waals surface area contributed by atoms with Crippen LogP contribution in [0.1, 0.15) is 18.2 Å². The number of alkyl halides is 3. The summed E-state index contributed by atoms with van der Waals surface area (Å²) in [5.74, 6) is 0.595. The van der Waals surface area contributed by atoms with Gasteiger partial charge in [0.2, 0.25) is 0 Å². The summed E-state index contributed by atoms with van der Waals surface area (Å²) < 4.78 is 45.5. The molecular formula is C12H17F3N2O2. The summed E-state index contributed by atoms with van der Waals surface area (Å²) >= 11 is 0. The van der Waals surface area contributed by atoms with Gasteiger partial charge in [-0.3, -0.25) is 4.98 Å². The van der Waals surface area contributed by atoms with Gasteiger partial charge in [0.15, 0.2) is 0 Å². The minimum absolute atomic E-state index is 0.00918. The van der Waals surface area contributed by atoms with E-state index >= 15 is 0 Å². The number of ether oxygens (including phenoxy) is 2. The van der Waals surface area contributed by atoms with Crippen molar-refractivity contribution in [2.45, 2.75) is 18.6 Å². The van der Waals surface area contributed by atoms with Gasteiger partial charge in [0.05, 0.1) is 18.8 Å². The maximum Gasteiger partial charge on any atom is 0.411 e. The molecule has 0 saturated heterocycles. The third-order valence-corrected chi connectivity index (χ3v) is 2.51. The van der Waals surface area contributed by atoms with E-state index in [4.69, 9.17) is 4.74 Å². The number of halogens is 3. The van der Waals surface area contributed by atoms with E-state index in [2.05, 4.69) is 15.0 Å². The van der Waals surface area contributed by atoms with Gasteiger partial charge in [0, 0.05) is 12.8 Å². The second kappa shape index (κ2) is 7.30. The Morgan fingerprint density at radius 2 is 2.16 bits per heavy atom. The fourth-order valence-electron chi connectivity index (χ4n) is 1.64. The summed E-state index contributed by atoms with van der Waals surface area (Å²) in [6.45, 7) is -1.24. The van der Waals surface area contributed by atoms with Crippen molar-refractivity contribution >= 4 is 0 Å². The number of hydrogen-bond donors (Lipinski definition) is 1. The number of pyridine rings is 1. The van der Waals surface area contributed by atoms with Crippen molar-refractivity contribution in [2.24, 2.45) is 0 Å². The molecule has 1 aromatic heterocycles. The molecule has 1 unspecified atom stereocenters. The highest BCUT2D eigenvalue weighted by Gasteiger charge is 2.27. The van der Waals surface area contributed by atoms with Crippen molar-refractivity contribution in [1.29, 1.82) is 0 Å². The number of hydrogen-bond acceptors (Lipinski definition) is 4. The maximum absolute atomic E-state index is 11.9. The van der Waals surface area contributed by atoms with Crippen molar-refractivity contribution in [3.63, 3.8) is 0 Å². The molecule has 1 heterocycles. The van der Waals surface area contributed by atoms with Crippen LogP contribution >= 0.6 is 0 Å². The van der Waals surface area contributed by atoms with Gasteiger partial charge in [-0.15, -0.1) is 0 Å². The molecular weight excluding hydrogens is 261 g/mol. The highest BCUT2D eigenvalue weighted by atomic mass is 19.4. The first kappa shape index (κ1) is 15.7. The molecule has 0 spiro atoms. The summed E-state index contributed by atoms with van der Waals surface area (Å²) in [6, 6.07) is 3.27. The highest BCUT2D eigenvalue weighted by molar-refractivity contribution is 5.29. The third kappa shape index (κ3) is 5.44. The minimum Gasteiger partial charge on any atom is -0.495 e. The van der Waals surface area contributed by atoms with E-state index in [9.17, 15) is 13.2 Å². The Balaban J connectivity index is 2.54. The van der Waals surface area contributed by atoms with E-state index in [1.807, 2.05) is 0 Å². The van der Waals surface area contributed by atoms with Gasteiger partial charge in [-0.2, -0.15) is 13.2 Å². The van der Waals surface area contributed by atoms with Crippen LogP contribution in [0.3, 0.4) is 0 Å². The monoisotopic (exact) mass is 278 g/mol. The fraction of sp³-hybridized carbons (Fsp3) is 0.583. The first-order valence-electron chi connectivity index (χ1n) is 5.78. The van der Waals surface area contributed by atoms with Crippen LogP contribution in [0.15, 0.2) is 18.3 Å². The van der Waals surface area contributed by atoms with Crippen LogP contribution in [0.2, 0.25) is 0 Å². The van der Waals surface area contributed by atoms with Gasteiger partial charge < -0.3 is 14.8 Å². The molecule has 0 bridgehead atoms. The van der Waals surface area contributed by atoms with Gasteiger partial charge >= 0.3 is 6.18 Å². The first-order chi connectivity index (χ1) is 8.98. The van der Waals surface area contributed by atoms with Crippen LogP contribution in [0, 0.1) is 0 Å². The summed E-state index contributed by atoms with van der Waals surface area (Å²) in [6.07, 6.45) is -2.31. The van der Waals surface area contributed by atoms with E-state index in [0.29, 0.717) is 17.9 Å². The number of methoxy groups -OCH3 is 1. The Morgan fingerprint density at radius 3 is 2.74 bits per heavy atom. The molecule has 1 rings (SSSR count). The van der Waals surface area contributed by atoms with Crippen LogP contribution in [0.5, 0.6) is 5.75 Å². The normalized spacial score (nSPS) is 13.3. The molecule has 19 heavy (non-hydrogen) atoms. The van der Waals surface area contributed by atoms with Crippen LogP contribution in [-0.4, -0.2) is 38.5 Å². The average molecular weight is 278 g/mol. The molecule has 1 atom stereocenters. The van der Waals surface area contributed by atoms with Gasteiger partial charge in [0.25, 0.3) is 0 Å². The molecule has 0 aliphatic rings. The quantitative estimate of drug-likeness (QED) is 0.777. The molecule has 0 saturated carbocycles. The molecule has 0 aliphatic heterocycles. The molecule has 108 valence electrons. The van der Waals surface area contributed by atoms with E-state index in [1.165, 1.54) is 7.11 Å². The Morgan fingerprint density at radius 1 is 1.42 bits per heavy atom. The lowest BCUT2D eigenvalue weighted by atomic mass is 10.1. The molecule has 0 aliphatic carbocycles. The maximum atomic E-state index is 11.9. The predicted molar refractivity (Wildman–Crippen MR) is 64.1 cm³/mol. The molecule has 0 radical (unpaired) electrons. The molecule has 4 nitrogen and oxygen atoms in total. The van der Waals surface area contributed by atoms with E-state index < -0.39 is 12.8 Å². The standard InChI is InChI=1S/C12H17F3N2O2/c1-16-9(5-7-19-8-12(13,14)15)11-10(18-2)4-3-6-17-11/h3-4,6,9,16H,5,7-8H2,1-2H3. The van der Waals surface area contributed by atoms with Crippen molar-refractivity contribution in [3.05, 3.63) is 24.0 Å². The summed E-state index contributed by atoms with van der Waals surface area (Å²) in [5.41, 5.74) is 0.656. The second-order valence-electron chi connectivity index (χ2n) is 3.89. The van der Waals surface area contributed by atoms with Crippen LogP contribution < -0.4 is 10.1 Å². The van der Waals surface area contributed by atoms with E-state index in [1.54, 1.807) is 25.4 Å². The minimum atomic E-state index is -4.29. The average Bonchev–Trinajstić information content (AvgIpc) is 2.38. The van der Waals surface area contributed by atoms with Gasteiger partial charge in [0.1, 0.15) is 12.4 Å². The Kier molecular flexibility index (Phi) is 6.04. The largest absolute Gasteiger partial charge is 0.495 e. The highest BCUT2D eigenvalue weighted by Crippen LogP contribution is 2.24. The Bertz CT molecular complexity index is 385. The van der Waals surface area contributed by atoms with Crippen LogP contribution in [-0.2, 0) is 4.74 Å². The SMILES string of the molecule is CNC(CCOCC(F)(F)F)c1ncccc1OC. The lowest BCUT2D eigenvalue weighted by molar-refractivity contribution is -0.174.